The van der Waals surface area contributed by atoms with E-state index in [1.807, 2.05) is 4.90 Å². The van der Waals surface area contributed by atoms with Crippen LogP contribution < -0.4 is 5.73 Å². The van der Waals surface area contributed by atoms with Crippen molar-refractivity contribution in [2.45, 2.75) is 51.1 Å². The molecule has 24 heavy (non-hydrogen) atoms. The van der Waals surface area contributed by atoms with Crippen LogP contribution in [0.4, 0.5) is 0 Å². The van der Waals surface area contributed by atoms with E-state index in [2.05, 4.69) is 31.1 Å². The highest BCUT2D eigenvalue weighted by Gasteiger charge is 2.48. The predicted octanol–water partition coefficient (Wildman–Crippen LogP) is 2.42. The van der Waals surface area contributed by atoms with E-state index < -0.39 is 5.54 Å². The van der Waals surface area contributed by atoms with Gasteiger partial charge in [-0.2, -0.15) is 0 Å². The van der Waals surface area contributed by atoms with E-state index >= 15 is 0 Å². The molecule has 138 valence electrons. The second-order valence-electron chi connectivity index (χ2n) is 7.62. The summed E-state index contributed by atoms with van der Waals surface area (Å²) in [5.41, 5.74) is 6.74. The van der Waals surface area contributed by atoms with Crippen LogP contribution in [-0.2, 0) is 16.8 Å². The van der Waals surface area contributed by atoms with Gasteiger partial charge >= 0.3 is 0 Å². The number of thiazole rings is 1. The third kappa shape index (κ3) is 4.82. The number of amides is 1. The first-order chi connectivity index (χ1) is 10.3. The minimum absolute atomic E-state index is 0. The molecule has 0 spiro atoms. The first-order valence-corrected chi connectivity index (χ1v) is 8.91. The standard InChI is InChI=1S/C16H26N4OS.2ClH/c1-15(2,3)13-18-12(11-22-13)10-19-6-8-20(9-7-19)14(21)16(17)4-5-16;;/h11H,4-10,17H2,1-3H3;2*1H. The summed E-state index contributed by atoms with van der Waals surface area (Å²) in [5, 5.41) is 3.35. The fourth-order valence-electron chi connectivity index (χ4n) is 2.73. The number of halogens is 2. The number of hydrogen-bond acceptors (Lipinski definition) is 5. The van der Waals surface area contributed by atoms with Crippen molar-refractivity contribution < 1.29 is 4.79 Å². The summed E-state index contributed by atoms with van der Waals surface area (Å²) >= 11 is 1.74. The number of nitrogens with two attached hydrogens (primary N) is 1. The van der Waals surface area contributed by atoms with E-state index in [0.29, 0.717) is 0 Å². The van der Waals surface area contributed by atoms with Crippen molar-refractivity contribution in [2.75, 3.05) is 26.2 Å². The maximum Gasteiger partial charge on any atom is 0.242 e. The predicted molar refractivity (Wildman–Crippen MR) is 103 cm³/mol. The van der Waals surface area contributed by atoms with E-state index in [0.717, 1.165) is 51.3 Å². The molecule has 1 saturated heterocycles. The Morgan fingerprint density at radius 3 is 2.29 bits per heavy atom. The summed E-state index contributed by atoms with van der Waals surface area (Å²) < 4.78 is 0. The molecule has 2 heterocycles. The topological polar surface area (TPSA) is 62.5 Å². The van der Waals surface area contributed by atoms with Crippen molar-refractivity contribution in [3.8, 4) is 0 Å². The fourth-order valence-corrected chi connectivity index (χ4v) is 3.62. The summed E-state index contributed by atoms with van der Waals surface area (Å²) in [4.78, 5) is 21.3. The molecule has 1 aromatic heterocycles. The fraction of sp³-hybridized carbons (Fsp3) is 0.750. The average molecular weight is 395 g/mol. The molecule has 1 amide bonds. The van der Waals surface area contributed by atoms with E-state index in [9.17, 15) is 4.79 Å². The Morgan fingerprint density at radius 2 is 1.83 bits per heavy atom. The van der Waals surface area contributed by atoms with Crippen LogP contribution in [0.5, 0.6) is 0 Å². The summed E-state index contributed by atoms with van der Waals surface area (Å²) in [6.45, 7) is 10.8. The number of nitrogens with zero attached hydrogens (tertiary/aromatic N) is 3. The Balaban J connectivity index is 0.00000144. The van der Waals surface area contributed by atoms with Gasteiger partial charge in [0.25, 0.3) is 0 Å². The van der Waals surface area contributed by atoms with Crippen molar-refractivity contribution in [3.05, 3.63) is 16.1 Å². The van der Waals surface area contributed by atoms with Gasteiger partial charge in [0.2, 0.25) is 5.91 Å². The van der Waals surface area contributed by atoms with Gasteiger partial charge in [-0.25, -0.2) is 4.98 Å². The SMILES string of the molecule is CC(C)(C)c1nc(CN2CCN(C(=O)C3(N)CC3)CC2)cs1.Cl.Cl. The van der Waals surface area contributed by atoms with Crippen LogP contribution in [0.25, 0.3) is 0 Å². The van der Waals surface area contributed by atoms with Crippen LogP contribution in [0.15, 0.2) is 5.38 Å². The van der Waals surface area contributed by atoms with Crippen molar-refractivity contribution >= 4 is 42.1 Å². The molecule has 8 heteroatoms. The van der Waals surface area contributed by atoms with Gasteiger partial charge in [-0.15, -0.1) is 36.2 Å². The van der Waals surface area contributed by atoms with Gasteiger partial charge in [-0.1, -0.05) is 20.8 Å². The average Bonchev–Trinajstić information content (AvgIpc) is 3.02. The highest BCUT2D eigenvalue weighted by molar-refractivity contribution is 7.09. The molecule has 0 unspecified atom stereocenters. The lowest BCUT2D eigenvalue weighted by Gasteiger charge is -2.35. The lowest BCUT2D eigenvalue weighted by Crippen LogP contribution is -2.53. The van der Waals surface area contributed by atoms with Crippen molar-refractivity contribution in [1.29, 1.82) is 0 Å². The zero-order chi connectivity index (χ0) is 16.0. The first-order valence-electron chi connectivity index (χ1n) is 8.03. The zero-order valence-electron chi connectivity index (χ0n) is 14.6. The number of rotatable bonds is 3. The Hall–Kier alpha value is -0.400. The van der Waals surface area contributed by atoms with Crippen LogP contribution in [0.3, 0.4) is 0 Å². The summed E-state index contributed by atoms with van der Waals surface area (Å²) in [5.74, 6) is 0.149. The van der Waals surface area contributed by atoms with Gasteiger partial charge in [-0.3, -0.25) is 9.69 Å². The first kappa shape index (κ1) is 21.6. The zero-order valence-corrected chi connectivity index (χ0v) is 17.0. The monoisotopic (exact) mass is 394 g/mol. The number of piperazine rings is 1. The summed E-state index contributed by atoms with van der Waals surface area (Å²) in [6, 6.07) is 0. The minimum Gasteiger partial charge on any atom is -0.339 e. The number of aromatic nitrogens is 1. The molecule has 1 aromatic rings. The molecule has 0 radical (unpaired) electrons. The number of hydrogen-bond donors (Lipinski definition) is 1. The molecule has 0 aromatic carbocycles. The number of carbonyl (C=O) groups excluding carboxylic acids is 1. The van der Waals surface area contributed by atoms with E-state index in [4.69, 9.17) is 10.7 Å². The molecular weight excluding hydrogens is 367 g/mol. The molecular formula is C16H28Cl2N4OS. The van der Waals surface area contributed by atoms with Crippen LogP contribution in [0, 0.1) is 0 Å². The molecule has 1 saturated carbocycles. The lowest BCUT2D eigenvalue weighted by molar-refractivity contribution is -0.135. The molecule has 0 bridgehead atoms. The largest absolute Gasteiger partial charge is 0.339 e. The van der Waals surface area contributed by atoms with Crippen LogP contribution in [-0.4, -0.2) is 52.4 Å². The van der Waals surface area contributed by atoms with Crippen molar-refractivity contribution in [1.82, 2.24) is 14.8 Å². The van der Waals surface area contributed by atoms with Gasteiger partial charge in [0, 0.05) is 43.5 Å². The third-order valence-corrected chi connectivity index (χ3v) is 5.77. The van der Waals surface area contributed by atoms with Gasteiger partial charge in [-0.05, 0) is 12.8 Å². The Labute approximate surface area is 160 Å². The Bertz CT molecular complexity index is 561. The van der Waals surface area contributed by atoms with E-state index in [1.54, 1.807) is 11.3 Å². The Morgan fingerprint density at radius 1 is 1.25 bits per heavy atom. The second kappa shape index (κ2) is 7.87. The molecule has 1 aliphatic carbocycles. The highest BCUT2D eigenvalue weighted by Crippen LogP contribution is 2.34. The normalized spacial score (nSPS) is 20.1. The summed E-state index contributed by atoms with van der Waals surface area (Å²) in [6.07, 6.45) is 1.70. The van der Waals surface area contributed by atoms with E-state index in [1.165, 1.54) is 5.01 Å². The smallest absolute Gasteiger partial charge is 0.242 e. The quantitative estimate of drug-likeness (QED) is 0.854. The van der Waals surface area contributed by atoms with Crippen molar-refractivity contribution in [2.24, 2.45) is 5.73 Å². The Kier molecular flexibility index (Phi) is 7.10. The van der Waals surface area contributed by atoms with Gasteiger partial charge < -0.3 is 10.6 Å². The van der Waals surface area contributed by atoms with Gasteiger partial charge in [0.05, 0.1) is 16.2 Å². The summed E-state index contributed by atoms with van der Waals surface area (Å²) in [7, 11) is 0. The molecule has 2 aliphatic rings. The molecule has 2 fully saturated rings. The third-order valence-electron chi connectivity index (χ3n) is 4.45. The second-order valence-corrected chi connectivity index (χ2v) is 8.48. The van der Waals surface area contributed by atoms with Crippen LogP contribution in [0.1, 0.15) is 44.3 Å². The van der Waals surface area contributed by atoms with Gasteiger partial charge in [0.1, 0.15) is 0 Å². The molecule has 2 N–H and O–H groups in total. The number of carbonyl (C=O) groups is 1. The van der Waals surface area contributed by atoms with Gasteiger partial charge in [0.15, 0.2) is 0 Å². The minimum atomic E-state index is -0.529. The maximum atomic E-state index is 12.2. The maximum absolute atomic E-state index is 12.2. The molecule has 0 atom stereocenters. The van der Waals surface area contributed by atoms with Crippen LogP contribution in [0.2, 0.25) is 0 Å². The molecule has 3 rings (SSSR count). The van der Waals surface area contributed by atoms with E-state index in [-0.39, 0.29) is 36.1 Å². The molecule has 1 aliphatic heterocycles. The lowest BCUT2D eigenvalue weighted by atomic mass is 9.98. The van der Waals surface area contributed by atoms with Crippen molar-refractivity contribution in [3.63, 3.8) is 0 Å². The molecule has 5 nitrogen and oxygen atoms in total. The highest BCUT2D eigenvalue weighted by atomic mass is 35.5. The van der Waals surface area contributed by atoms with Crippen LogP contribution >= 0.6 is 36.2 Å².